The minimum Gasteiger partial charge on any atom is -0.508 e. The Balaban J connectivity index is 2.51. The Morgan fingerprint density at radius 3 is 3.00 bits per heavy atom. The van der Waals surface area contributed by atoms with Crippen molar-refractivity contribution in [1.29, 1.82) is 0 Å². The first-order valence-corrected chi connectivity index (χ1v) is 5.45. The summed E-state index contributed by atoms with van der Waals surface area (Å²) in [5, 5.41) is 9.36. The van der Waals surface area contributed by atoms with E-state index < -0.39 is 0 Å². The van der Waals surface area contributed by atoms with Gasteiger partial charge in [-0.15, -0.1) is 11.8 Å². The Labute approximate surface area is 92.8 Å². The van der Waals surface area contributed by atoms with Crippen LogP contribution in [0, 0.1) is 0 Å². The number of rotatable bonds is 4. The molecule has 1 aromatic carbocycles. The van der Waals surface area contributed by atoms with Crippen molar-refractivity contribution in [3.05, 3.63) is 24.3 Å². The Bertz CT molecular complexity index is 344. The standard InChI is InChI=1S/C10H14N2O2S/c1-7(5-10(14)12-11)15-9-4-2-3-8(13)6-9/h2-4,6-7,13H,5,11H2,1H3,(H,12,14). The van der Waals surface area contributed by atoms with Gasteiger partial charge in [0.1, 0.15) is 5.75 Å². The molecule has 4 N–H and O–H groups in total. The number of phenols is 1. The molecule has 0 radical (unpaired) electrons. The van der Waals surface area contributed by atoms with Crippen LogP contribution in [0.15, 0.2) is 29.2 Å². The molecule has 1 amide bonds. The summed E-state index contributed by atoms with van der Waals surface area (Å²) in [6.07, 6.45) is 0.358. The van der Waals surface area contributed by atoms with Gasteiger partial charge in [0.05, 0.1) is 0 Å². The quantitative estimate of drug-likeness (QED) is 0.312. The van der Waals surface area contributed by atoms with Crippen molar-refractivity contribution < 1.29 is 9.90 Å². The molecule has 0 heterocycles. The van der Waals surface area contributed by atoms with Crippen molar-refractivity contribution in [2.45, 2.75) is 23.5 Å². The van der Waals surface area contributed by atoms with Crippen LogP contribution in [0.5, 0.6) is 5.75 Å². The first-order chi connectivity index (χ1) is 7.11. The highest BCUT2D eigenvalue weighted by atomic mass is 32.2. The maximum absolute atomic E-state index is 11.0. The molecule has 4 nitrogen and oxygen atoms in total. The fraction of sp³-hybridized carbons (Fsp3) is 0.300. The van der Waals surface area contributed by atoms with Gasteiger partial charge in [-0.3, -0.25) is 10.2 Å². The molecule has 0 aromatic heterocycles. The lowest BCUT2D eigenvalue weighted by Crippen LogP contribution is -2.31. The fourth-order valence-electron chi connectivity index (χ4n) is 1.15. The molecule has 0 bridgehead atoms. The average Bonchev–Trinajstić information content (AvgIpc) is 2.17. The highest BCUT2D eigenvalue weighted by Gasteiger charge is 2.09. The Hall–Kier alpha value is -1.20. The largest absolute Gasteiger partial charge is 0.508 e. The zero-order chi connectivity index (χ0) is 11.3. The predicted molar refractivity (Wildman–Crippen MR) is 60.4 cm³/mol. The number of nitrogens with one attached hydrogen (secondary N) is 1. The zero-order valence-corrected chi connectivity index (χ0v) is 9.25. The minimum absolute atomic E-state index is 0.121. The molecular weight excluding hydrogens is 212 g/mol. The number of nitrogens with two attached hydrogens (primary N) is 1. The Kier molecular flexibility index (Phi) is 4.45. The predicted octanol–water partition coefficient (Wildman–Crippen LogP) is 1.25. The van der Waals surface area contributed by atoms with E-state index in [4.69, 9.17) is 5.84 Å². The molecule has 0 spiro atoms. The molecule has 0 saturated carbocycles. The normalized spacial score (nSPS) is 12.1. The fourth-order valence-corrected chi connectivity index (χ4v) is 2.20. The van der Waals surface area contributed by atoms with Gasteiger partial charge in [0, 0.05) is 16.6 Å². The molecule has 1 atom stereocenters. The first-order valence-electron chi connectivity index (χ1n) is 4.57. The van der Waals surface area contributed by atoms with E-state index in [2.05, 4.69) is 5.43 Å². The van der Waals surface area contributed by atoms with Crippen LogP contribution in [0.4, 0.5) is 0 Å². The number of hydrogen-bond acceptors (Lipinski definition) is 4. The molecule has 5 heteroatoms. The summed E-state index contributed by atoms with van der Waals surface area (Å²) in [4.78, 5) is 11.9. The van der Waals surface area contributed by atoms with Gasteiger partial charge in [-0.05, 0) is 18.2 Å². The van der Waals surface area contributed by atoms with E-state index in [-0.39, 0.29) is 16.9 Å². The van der Waals surface area contributed by atoms with Crippen molar-refractivity contribution in [3.8, 4) is 5.75 Å². The average molecular weight is 226 g/mol. The second-order valence-corrected chi connectivity index (χ2v) is 4.71. The topological polar surface area (TPSA) is 75.4 Å². The van der Waals surface area contributed by atoms with E-state index in [1.54, 1.807) is 18.2 Å². The van der Waals surface area contributed by atoms with Crippen LogP contribution in [-0.4, -0.2) is 16.3 Å². The van der Waals surface area contributed by atoms with E-state index in [0.717, 1.165) is 4.90 Å². The molecule has 0 saturated heterocycles. The molecule has 0 aliphatic carbocycles. The van der Waals surface area contributed by atoms with Gasteiger partial charge in [0.25, 0.3) is 0 Å². The van der Waals surface area contributed by atoms with Gasteiger partial charge in [-0.2, -0.15) is 0 Å². The summed E-state index contributed by atoms with van der Waals surface area (Å²) in [6.45, 7) is 1.93. The number of benzene rings is 1. The number of hydrazine groups is 1. The lowest BCUT2D eigenvalue weighted by atomic mass is 10.3. The van der Waals surface area contributed by atoms with E-state index >= 15 is 0 Å². The van der Waals surface area contributed by atoms with Gasteiger partial charge in [0.15, 0.2) is 0 Å². The summed E-state index contributed by atoms with van der Waals surface area (Å²) in [6, 6.07) is 6.94. The Morgan fingerprint density at radius 1 is 1.67 bits per heavy atom. The first kappa shape index (κ1) is 11.9. The van der Waals surface area contributed by atoms with Crippen LogP contribution >= 0.6 is 11.8 Å². The van der Waals surface area contributed by atoms with Gasteiger partial charge >= 0.3 is 0 Å². The van der Waals surface area contributed by atoms with Crippen molar-refractivity contribution in [2.75, 3.05) is 0 Å². The molecule has 0 aliphatic rings. The summed E-state index contributed by atoms with van der Waals surface area (Å²) >= 11 is 1.53. The van der Waals surface area contributed by atoms with Crippen LogP contribution in [0.1, 0.15) is 13.3 Å². The number of aromatic hydroxyl groups is 1. The number of carbonyl (C=O) groups excluding carboxylic acids is 1. The van der Waals surface area contributed by atoms with Crippen molar-refractivity contribution in [3.63, 3.8) is 0 Å². The lowest BCUT2D eigenvalue weighted by molar-refractivity contribution is -0.121. The number of thioether (sulfide) groups is 1. The molecule has 1 aromatic rings. The SMILES string of the molecule is CC(CC(=O)NN)Sc1cccc(O)c1. The van der Waals surface area contributed by atoms with Gasteiger partial charge in [-0.25, -0.2) is 5.84 Å². The molecule has 15 heavy (non-hydrogen) atoms. The van der Waals surface area contributed by atoms with Crippen LogP contribution in [-0.2, 0) is 4.79 Å². The molecular formula is C10H14N2O2S. The van der Waals surface area contributed by atoms with Crippen LogP contribution < -0.4 is 11.3 Å². The third kappa shape index (κ3) is 4.22. The molecule has 0 fully saturated rings. The second-order valence-electron chi connectivity index (χ2n) is 3.20. The smallest absolute Gasteiger partial charge is 0.234 e. The van der Waals surface area contributed by atoms with E-state index in [1.165, 1.54) is 11.8 Å². The maximum atomic E-state index is 11.0. The maximum Gasteiger partial charge on any atom is 0.234 e. The minimum atomic E-state index is -0.185. The highest BCUT2D eigenvalue weighted by Crippen LogP contribution is 2.27. The van der Waals surface area contributed by atoms with Crippen molar-refractivity contribution in [2.24, 2.45) is 5.84 Å². The summed E-state index contributed by atoms with van der Waals surface area (Å²) in [5.41, 5.74) is 2.09. The number of amides is 1. The third-order valence-corrected chi connectivity index (χ3v) is 2.88. The number of hydrogen-bond donors (Lipinski definition) is 3. The monoisotopic (exact) mass is 226 g/mol. The molecule has 1 unspecified atom stereocenters. The molecule has 0 aliphatic heterocycles. The summed E-state index contributed by atoms with van der Waals surface area (Å²) in [7, 11) is 0. The van der Waals surface area contributed by atoms with E-state index in [9.17, 15) is 9.90 Å². The van der Waals surface area contributed by atoms with Gasteiger partial charge in [0.2, 0.25) is 5.91 Å². The van der Waals surface area contributed by atoms with Crippen LogP contribution in [0.25, 0.3) is 0 Å². The summed E-state index contributed by atoms with van der Waals surface area (Å²) < 4.78 is 0. The Morgan fingerprint density at radius 2 is 2.40 bits per heavy atom. The third-order valence-electron chi connectivity index (χ3n) is 1.79. The highest BCUT2D eigenvalue weighted by molar-refractivity contribution is 8.00. The second kappa shape index (κ2) is 5.63. The number of phenolic OH excluding ortho intramolecular Hbond substituents is 1. The van der Waals surface area contributed by atoms with Gasteiger partial charge in [-0.1, -0.05) is 13.0 Å². The lowest BCUT2D eigenvalue weighted by Gasteiger charge is -2.09. The molecule has 82 valence electrons. The van der Waals surface area contributed by atoms with Crippen molar-refractivity contribution in [1.82, 2.24) is 5.43 Å². The van der Waals surface area contributed by atoms with Crippen LogP contribution in [0.3, 0.4) is 0 Å². The van der Waals surface area contributed by atoms with E-state index in [1.807, 2.05) is 13.0 Å². The van der Waals surface area contributed by atoms with E-state index in [0.29, 0.717) is 6.42 Å². The van der Waals surface area contributed by atoms with Gasteiger partial charge < -0.3 is 5.11 Å². The molecule has 1 rings (SSSR count). The zero-order valence-electron chi connectivity index (χ0n) is 8.43. The summed E-state index contributed by atoms with van der Waals surface area (Å²) in [5.74, 6) is 5.04. The van der Waals surface area contributed by atoms with Crippen LogP contribution in [0.2, 0.25) is 0 Å². The number of carbonyl (C=O) groups is 1. The van der Waals surface area contributed by atoms with Crippen molar-refractivity contribution >= 4 is 17.7 Å².